The summed E-state index contributed by atoms with van der Waals surface area (Å²) in [5.74, 6) is -1.44. The Balaban J connectivity index is 1.45. The van der Waals surface area contributed by atoms with Crippen LogP contribution in [0.5, 0.6) is 5.75 Å². The molecule has 5 nitrogen and oxygen atoms in total. The standard InChI is InChI=1S/C27H32ClF2NO4S/c1-26(10-2-12-31-26)17-36(32,33)14-9-23-20-16-35-25-22(30)8-7-21(29)24(25)27(20,11-13-34-23)15-18-3-5-19(28)6-4-18/h3-8,20,23,31H,2,9-17H2,1H3/t20-,23-,26-,27-/m0/s1. The van der Waals surface area contributed by atoms with Crippen molar-refractivity contribution in [1.29, 1.82) is 0 Å². The second kappa shape index (κ2) is 9.86. The zero-order valence-corrected chi connectivity index (χ0v) is 21.9. The van der Waals surface area contributed by atoms with Crippen molar-refractivity contribution < 1.29 is 26.7 Å². The van der Waals surface area contributed by atoms with E-state index in [9.17, 15) is 12.8 Å². The molecule has 3 aliphatic heterocycles. The minimum Gasteiger partial charge on any atom is -0.490 e. The van der Waals surface area contributed by atoms with Crippen LogP contribution in [0.25, 0.3) is 0 Å². The Morgan fingerprint density at radius 3 is 2.58 bits per heavy atom. The molecule has 0 spiro atoms. The fourth-order valence-corrected chi connectivity index (χ4v) is 8.51. The molecule has 2 saturated heterocycles. The van der Waals surface area contributed by atoms with Crippen molar-refractivity contribution in [3.05, 3.63) is 64.2 Å². The van der Waals surface area contributed by atoms with Gasteiger partial charge in [0, 0.05) is 34.1 Å². The fourth-order valence-electron chi connectivity index (χ4n) is 6.43. The van der Waals surface area contributed by atoms with E-state index in [2.05, 4.69) is 5.32 Å². The molecule has 0 aromatic heterocycles. The van der Waals surface area contributed by atoms with Crippen molar-refractivity contribution in [3.8, 4) is 5.75 Å². The number of hydrogen-bond donors (Lipinski definition) is 1. The van der Waals surface area contributed by atoms with Gasteiger partial charge in [-0.1, -0.05) is 23.7 Å². The van der Waals surface area contributed by atoms with Crippen LogP contribution < -0.4 is 10.1 Å². The van der Waals surface area contributed by atoms with Gasteiger partial charge < -0.3 is 14.8 Å². The lowest BCUT2D eigenvalue weighted by atomic mass is 9.60. The molecule has 3 aliphatic rings. The summed E-state index contributed by atoms with van der Waals surface area (Å²) in [5, 5.41) is 3.91. The second-order valence-corrected chi connectivity index (χ2v) is 13.4. The van der Waals surface area contributed by atoms with Gasteiger partial charge in [0.1, 0.15) is 5.82 Å². The van der Waals surface area contributed by atoms with E-state index in [1.165, 1.54) is 0 Å². The summed E-state index contributed by atoms with van der Waals surface area (Å²) in [6.45, 7) is 3.23. The highest BCUT2D eigenvalue weighted by Crippen LogP contribution is 2.52. The second-order valence-electron chi connectivity index (χ2n) is 10.7. The smallest absolute Gasteiger partial charge is 0.165 e. The summed E-state index contributed by atoms with van der Waals surface area (Å²) in [6, 6.07) is 9.59. The molecule has 5 rings (SSSR count). The first kappa shape index (κ1) is 25.9. The molecule has 0 aliphatic carbocycles. The van der Waals surface area contributed by atoms with Crippen LogP contribution in [0.1, 0.15) is 43.7 Å². The first-order valence-corrected chi connectivity index (χ1v) is 14.7. The van der Waals surface area contributed by atoms with E-state index in [0.717, 1.165) is 37.1 Å². The maximum absolute atomic E-state index is 15.4. The first-order valence-electron chi connectivity index (χ1n) is 12.5. The van der Waals surface area contributed by atoms with E-state index in [4.69, 9.17) is 21.1 Å². The van der Waals surface area contributed by atoms with Crippen LogP contribution in [-0.4, -0.2) is 51.3 Å². The zero-order chi connectivity index (χ0) is 25.6. The molecule has 2 aromatic carbocycles. The van der Waals surface area contributed by atoms with Crippen molar-refractivity contribution in [1.82, 2.24) is 5.32 Å². The van der Waals surface area contributed by atoms with Gasteiger partial charge in [0.2, 0.25) is 0 Å². The third-order valence-electron chi connectivity index (χ3n) is 8.14. The maximum atomic E-state index is 15.4. The Kier molecular flexibility index (Phi) is 7.09. The normalized spacial score (nSPS) is 29.9. The van der Waals surface area contributed by atoms with Crippen LogP contribution >= 0.6 is 11.6 Å². The van der Waals surface area contributed by atoms with Gasteiger partial charge in [-0.15, -0.1) is 0 Å². The summed E-state index contributed by atoms with van der Waals surface area (Å²) in [6.07, 6.45) is 2.53. The van der Waals surface area contributed by atoms with Gasteiger partial charge in [-0.2, -0.15) is 0 Å². The molecule has 0 saturated carbocycles. The molecule has 9 heteroatoms. The number of ether oxygens (including phenoxy) is 2. The number of hydrogen-bond acceptors (Lipinski definition) is 5. The maximum Gasteiger partial charge on any atom is 0.165 e. The summed E-state index contributed by atoms with van der Waals surface area (Å²) in [7, 11) is -3.35. The number of rotatable bonds is 7. The summed E-state index contributed by atoms with van der Waals surface area (Å²) in [4.78, 5) is 0. The third-order valence-corrected chi connectivity index (χ3v) is 10.3. The Morgan fingerprint density at radius 1 is 1.11 bits per heavy atom. The van der Waals surface area contributed by atoms with E-state index in [-0.39, 0.29) is 41.8 Å². The van der Waals surface area contributed by atoms with Crippen LogP contribution in [0.2, 0.25) is 5.02 Å². The number of benzene rings is 2. The first-order chi connectivity index (χ1) is 17.1. The zero-order valence-electron chi connectivity index (χ0n) is 20.4. The van der Waals surface area contributed by atoms with E-state index in [1.54, 1.807) is 12.1 Å². The van der Waals surface area contributed by atoms with Gasteiger partial charge in [0.05, 0.1) is 24.2 Å². The minimum atomic E-state index is -3.35. The number of nitrogens with one attached hydrogen (secondary N) is 1. The molecular weight excluding hydrogens is 508 g/mol. The molecule has 3 heterocycles. The SMILES string of the molecule is C[C@@]1(CS(=O)(=O)CC[C@@H]2OCC[C@@]3(Cc4ccc(Cl)cc4)c4c(F)ccc(F)c4OC[C@@H]23)CCCN1. The largest absolute Gasteiger partial charge is 0.490 e. The Morgan fingerprint density at radius 2 is 1.86 bits per heavy atom. The van der Waals surface area contributed by atoms with E-state index in [0.29, 0.717) is 24.5 Å². The predicted molar refractivity (Wildman–Crippen MR) is 135 cm³/mol. The molecular formula is C27H32ClF2NO4S. The molecule has 0 amide bonds. The van der Waals surface area contributed by atoms with E-state index >= 15 is 4.39 Å². The highest BCUT2D eigenvalue weighted by Gasteiger charge is 2.53. The van der Waals surface area contributed by atoms with Crippen LogP contribution in [0.15, 0.2) is 36.4 Å². The lowest BCUT2D eigenvalue weighted by molar-refractivity contribution is -0.0963. The molecule has 4 atom stereocenters. The molecule has 196 valence electrons. The number of sulfone groups is 1. The van der Waals surface area contributed by atoms with E-state index < -0.39 is 38.5 Å². The van der Waals surface area contributed by atoms with Gasteiger partial charge in [-0.3, -0.25) is 0 Å². The third kappa shape index (κ3) is 5.02. The Labute approximate surface area is 216 Å². The summed E-state index contributed by atoms with van der Waals surface area (Å²) in [5.41, 5.74) is -0.0286. The minimum absolute atomic E-state index is 0.0268. The van der Waals surface area contributed by atoms with Crippen molar-refractivity contribution in [2.24, 2.45) is 5.92 Å². The quantitative estimate of drug-likeness (QED) is 0.545. The van der Waals surface area contributed by atoms with Gasteiger partial charge in [-0.25, -0.2) is 17.2 Å². The van der Waals surface area contributed by atoms with Crippen molar-refractivity contribution in [2.45, 2.75) is 56.1 Å². The van der Waals surface area contributed by atoms with Gasteiger partial charge in [-0.05, 0) is 75.4 Å². The van der Waals surface area contributed by atoms with Crippen LogP contribution in [0.3, 0.4) is 0 Å². The fraction of sp³-hybridized carbons (Fsp3) is 0.556. The monoisotopic (exact) mass is 539 g/mol. The lowest BCUT2D eigenvalue weighted by Crippen LogP contribution is -2.55. The highest BCUT2D eigenvalue weighted by atomic mass is 35.5. The Bertz CT molecular complexity index is 1220. The van der Waals surface area contributed by atoms with Gasteiger partial charge in [0.25, 0.3) is 0 Å². The average molecular weight is 540 g/mol. The molecule has 0 unspecified atom stereocenters. The molecule has 36 heavy (non-hydrogen) atoms. The van der Waals surface area contributed by atoms with Crippen LogP contribution in [0.4, 0.5) is 8.78 Å². The number of halogens is 3. The highest BCUT2D eigenvalue weighted by molar-refractivity contribution is 7.91. The lowest BCUT2D eigenvalue weighted by Gasteiger charge is -2.51. The molecule has 2 fully saturated rings. The molecule has 0 bridgehead atoms. The van der Waals surface area contributed by atoms with Gasteiger partial charge in [0.15, 0.2) is 21.4 Å². The summed E-state index contributed by atoms with van der Waals surface area (Å²) < 4.78 is 68.2. The number of fused-ring (bicyclic) bond motifs is 3. The van der Waals surface area contributed by atoms with Crippen molar-refractivity contribution in [2.75, 3.05) is 31.3 Å². The topological polar surface area (TPSA) is 64.6 Å². The average Bonchev–Trinajstić information content (AvgIpc) is 3.26. The van der Waals surface area contributed by atoms with Crippen molar-refractivity contribution >= 4 is 21.4 Å². The van der Waals surface area contributed by atoms with Crippen molar-refractivity contribution in [3.63, 3.8) is 0 Å². The van der Waals surface area contributed by atoms with Gasteiger partial charge >= 0.3 is 0 Å². The van der Waals surface area contributed by atoms with Crippen LogP contribution in [-0.2, 0) is 26.4 Å². The Hall–Kier alpha value is -1.74. The predicted octanol–water partition coefficient (Wildman–Crippen LogP) is 4.84. The molecule has 0 radical (unpaired) electrons. The van der Waals surface area contributed by atoms with E-state index in [1.807, 2.05) is 19.1 Å². The molecule has 1 N–H and O–H groups in total. The van der Waals surface area contributed by atoms with Crippen LogP contribution in [0, 0.1) is 17.6 Å². The molecule has 2 aromatic rings. The summed E-state index contributed by atoms with van der Waals surface area (Å²) >= 11 is 6.08.